The first-order valence-electron chi connectivity index (χ1n) is 9.52. The number of carbonyl (C=O) groups is 1. The smallest absolute Gasteiger partial charge is 0.268 e. The summed E-state index contributed by atoms with van der Waals surface area (Å²) in [4.78, 5) is 13.0. The van der Waals surface area contributed by atoms with E-state index in [2.05, 4.69) is 17.5 Å². The Kier molecular flexibility index (Phi) is 5.28. The molecule has 30 heavy (non-hydrogen) atoms. The van der Waals surface area contributed by atoms with Crippen LogP contribution in [0.1, 0.15) is 32.7 Å². The number of rotatable bonds is 5. The van der Waals surface area contributed by atoms with Crippen LogP contribution in [0.4, 0.5) is 0 Å². The van der Waals surface area contributed by atoms with Crippen LogP contribution in [0.5, 0.6) is 0 Å². The number of carbonyl (C=O) groups excluding carboxylic acids is 1. The molecule has 0 radical (unpaired) electrons. The number of fused-ring (bicyclic) bond motifs is 1. The van der Waals surface area contributed by atoms with Crippen molar-refractivity contribution in [3.63, 3.8) is 0 Å². The normalized spacial score (nSPS) is 10.3. The molecule has 144 valence electrons. The van der Waals surface area contributed by atoms with Crippen LogP contribution in [-0.2, 0) is 13.1 Å². The van der Waals surface area contributed by atoms with Crippen molar-refractivity contribution in [2.24, 2.45) is 0 Å². The van der Waals surface area contributed by atoms with E-state index in [1.165, 1.54) is 0 Å². The van der Waals surface area contributed by atoms with Gasteiger partial charge in [-0.15, -0.1) is 0 Å². The zero-order valence-electron chi connectivity index (χ0n) is 16.2. The van der Waals surface area contributed by atoms with Crippen molar-refractivity contribution >= 4 is 16.8 Å². The molecule has 0 spiro atoms. The number of hydrogen-bond acceptors (Lipinski definition) is 3. The average Bonchev–Trinajstić information content (AvgIpc) is 3.16. The molecule has 4 rings (SSSR count). The van der Waals surface area contributed by atoms with E-state index in [1.807, 2.05) is 65.2 Å². The van der Waals surface area contributed by atoms with E-state index in [0.717, 1.165) is 22.0 Å². The van der Waals surface area contributed by atoms with Gasteiger partial charge in [0.25, 0.3) is 5.91 Å². The first kappa shape index (κ1) is 19.0. The minimum atomic E-state index is -0.174. The third kappa shape index (κ3) is 3.92. The highest BCUT2D eigenvalue weighted by Crippen LogP contribution is 2.22. The van der Waals surface area contributed by atoms with Crippen LogP contribution in [0.3, 0.4) is 0 Å². The molecule has 1 N–H and O–H groups in total. The second-order valence-electron chi connectivity index (χ2n) is 6.98. The van der Waals surface area contributed by atoms with Gasteiger partial charge in [-0.3, -0.25) is 4.79 Å². The fourth-order valence-corrected chi connectivity index (χ4v) is 3.46. The van der Waals surface area contributed by atoms with Gasteiger partial charge in [0, 0.05) is 24.0 Å². The van der Waals surface area contributed by atoms with Gasteiger partial charge in [0.1, 0.15) is 5.69 Å². The quantitative estimate of drug-likeness (QED) is 0.550. The SMILES string of the molecule is N#Cc1ccc(CNC(=O)c2cc3ccccc3n2Cc2cccc(C#N)c2)cc1. The maximum atomic E-state index is 13.0. The minimum Gasteiger partial charge on any atom is -0.347 e. The summed E-state index contributed by atoms with van der Waals surface area (Å²) in [6.07, 6.45) is 0. The summed E-state index contributed by atoms with van der Waals surface area (Å²) < 4.78 is 1.97. The van der Waals surface area contributed by atoms with Crippen molar-refractivity contribution in [1.29, 1.82) is 10.5 Å². The summed E-state index contributed by atoms with van der Waals surface area (Å²) in [6, 6.07) is 28.5. The van der Waals surface area contributed by atoms with E-state index in [9.17, 15) is 10.1 Å². The summed E-state index contributed by atoms with van der Waals surface area (Å²) in [6.45, 7) is 0.860. The summed E-state index contributed by atoms with van der Waals surface area (Å²) in [5.74, 6) is -0.174. The summed E-state index contributed by atoms with van der Waals surface area (Å²) in [5, 5.41) is 22.0. The van der Waals surface area contributed by atoms with Gasteiger partial charge in [-0.05, 0) is 47.5 Å². The van der Waals surface area contributed by atoms with Gasteiger partial charge in [0.2, 0.25) is 0 Å². The molecule has 0 bridgehead atoms. The fourth-order valence-electron chi connectivity index (χ4n) is 3.46. The Morgan fingerprint density at radius 3 is 2.37 bits per heavy atom. The highest BCUT2D eigenvalue weighted by molar-refractivity contribution is 5.98. The standard InChI is InChI=1S/C25H18N4O/c26-14-18-8-10-19(11-9-18)16-28-25(30)24-13-22-6-1-2-7-23(22)29(24)17-21-5-3-4-20(12-21)15-27/h1-13H,16-17H2,(H,28,30). The Bertz CT molecular complexity index is 1300. The van der Waals surface area contributed by atoms with E-state index >= 15 is 0 Å². The Balaban J connectivity index is 1.62. The van der Waals surface area contributed by atoms with Crippen LogP contribution < -0.4 is 5.32 Å². The zero-order valence-corrected chi connectivity index (χ0v) is 16.2. The van der Waals surface area contributed by atoms with Crippen LogP contribution in [0.2, 0.25) is 0 Å². The molecular weight excluding hydrogens is 372 g/mol. The lowest BCUT2D eigenvalue weighted by Crippen LogP contribution is -2.25. The largest absolute Gasteiger partial charge is 0.347 e. The van der Waals surface area contributed by atoms with E-state index in [4.69, 9.17) is 5.26 Å². The maximum absolute atomic E-state index is 13.0. The lowest BCUT2D eigenvalue weighted by atomic mass is 10.1. The predicted molar refractivity (Wildman–Crippen MR) is 115 cm³/mol. The molecule has 0 saturated heterocycles. The lowest BCUT2D eigenvalue weighted by Gasteiger charge is -2.12. The number of aromatic nitrogens is 1. The van der Waals surface area contributed by atoms with Crippen molar-refractivity contribution in [3.05, 3.63) is 107 Å². The molecule has 5 heteroatoms. The van der Waals surface area contributed by atoms with Crippen molar-refractivity contribution in [2.75, 3.05) is 0 Å². The third-order valence-electron chi connectivity index (χ3n) is 4.98. The number of benzene rings is 3. The molecule has 0 aliphatic heterocycles. The molecule has 0 aliphatic rings. The van der Waals surface area contributed by atoms with Gasteiger partial charge < -0.3 is 9.88 Å². The Morgan fingerprint density at radius 1 is 0.833 bits per heavy atom. The van der Waals surface area contributed by atoms with E-state index in [1.54, 1.807) is 18.2 Å². The number of amides is 1. The Labute approximate surface area is 174 Å². The van der Waals surface area contributed by atoms with Gasteiger partial charge in [0.05, 0.1) is 23.3 Å². The Morgan fingerprint density at radius 2 is 1.60 bits per heavy atom. The van der Waals surface area contributed by atoms with Gasteiger partial charge in [0.15, 0.2) is 0 Å². The molecule has 3 aromatic carbocycles. The number of nitriles is 2. The topological polar surface area (TPSA) is 81.6 Å². The summed E-state index contributed by atoms with van der Waals surface area (Å²) >= 11 is 0. The zero-order chi connectivity index (χ0) is 20.9. The molecule has 5 nitrogen and oxygen atoms in total. The van der Waals surface area contributed by atoms with Crippen LogP contribution in [0.15, 0.2) is 78.9 Å². The van der Waals surface area contributed by atoms with E-state index in [0.29, 0.717) is 29.9 Å². The average molecular weight is 390 g/mol. The van der Waals surface area contributed by atoms with Gasteiger partial charge in [-0.1, -0.05) is 42.5 Å². The molecule has 1 aromatic heterocycles. The number of para-hydroxylation sites is 1. The van der Waals surface area contributed by atoms with Crippen LogP contribution in [0.25, 0.3) is 10.9 Å². The Hall–Kier alpha value is -4.35. The van der Waals surface area contributed by atoms with E-state index < -0.39 is 0 Å². The van der Waals surface area contributed by atoms with Crippen LogP contribution in [0, 0.1) is 22.7 Å². The first-order chi connectivity index (χ1) is 14.7. The molecule has 0 aliphatic carbocycles. The fraction of sp³-hybridized carbons (Fsp3) is 0.0800. The van der Waals surface area contributed by atoms with Crippen molar-refractivity contribution in [2.45, 2.75) is 13.1 Å². The molecule has 0 saturated carbocycles. The van der Waals surface area contributed by atoms with Crippen LogP contribution in [-0.4, -0.2) is 10.5 Å². The van der Waals surface area contributed by atoms with E-state index in [-0.39, 0.29) is 5.91 Å². The molecular formula is C25H18N4O. The summed E-state index contributed by atoms with van der Waals surface area (Å²) in [5.41, 5.74) is 4.58. The number of hydrogen-bond donors (Lipinski definition) is 1. The second kappa shape index (κ2) is 8.34. The van der Waals surface area contributed by atoms with Crippen molar-refractivity contribution in [1.82, 2.24) is 9.88 Å². The highest BCUT2D eigenvalue weighted by atomic mass is 16.1. The monoisotopic (exact) mass is 390 g/mol. The summed E-state index contributed by atoms with van der Waals surface area (Å²) in [7, 11) is 0. The predicted octanol–water partition coefficient (Wildman–Crippen LogP) is 4.36. The second-order valence-corrected chi connectivity index (χ2v) is 6.98. The van der Waals surface area contributed by atoms with Crippen molar-refractivity contribution < 1.29 is 4.79 Å². The van der Waals surface area contributed by atoms with Gasteiger partial charge in [-0.25, -0.2) is 0 Å². The highest BCUT2D eigenvalue weighted by Gasteiger charge is 2.16. The number of nitrogens with one attached hydrogen (secondary N) is 1. The molecule has 4 aromatic rings. The molecule has 1 amide bonds. The van der Waals surface area contributed by atoms with Crippen LogP contribution >= 0.6 is 0 Å². The third-order valence-corrected chi connectivity index (χ3v) is 4.98. The van der Waals surface area contributed by atoms with Gasteiger partial charge >= 0.3 is 0 Å². The maximum Gasteiger partial charge on any atom is 0.268 e. The first-order valence-corrected chi connectivity index (χ1v) is 9.52. The molecule has 1 heterocycles. The lowest BCUT2D eigenvalue weighted by molar-refractivity contribution is 0.0942. The van der Waals surface area contributed by atoms with Crippen molar-refractivity contribution in [3.8, 4) is 12.1 Å². The van der Waals surface area contributed by atoms with Gasteiger partial charge in [-0.2, -0.15) is 10.5 Å². The number of nitrogens with zero attached hydrogens (tertiary/aromatic N) is 3. The minimum absolute atomic E-state index is 0.174. The molecule has 0 fully saturated rings. The molecule has 0 atom stereocenters. The molecule has 0 unspecified atom stereocenters.